The Morgan fingerprint density at radius 3 is 1.93 bits per heavy atom. The van der Waals surface area contributed by atoms with Crippen LogP contribution in [0.25, 0.3) is 0 Å². The third kappa shape index (κ3) is 16.8. The van der Waals surface area contributed by atoms with E-state index in [1.165, 1.54) is 22.8 Å². The summed E-state index contributed by atoms with van der Waals surface area (Å²) in [4.78, 5) is 10.5. The van der Waals surface area contributed by atoms with Crippen molar-refractivity contribution in [3.8, 4) is 0 Å². The normalized spacial score (nSPS) is 14.3. The van der Waals surface area contributed by atoms with Crippen LogP contribution in [0.2, 0.25) is 0 Å². The van der Waals surface area contributed by atoms with Gasteiger partial charge in [-0.15, -0.1) is 0 Å². The van der Waals surface area contributed by atoms with Gasteiger partial charge in [0.05, 0.1) is 0 Å². The third-order valence-electron chi connectivity index (χ3n) is 3.93. The summed E-state index contributed by atoms with van der Waals surface area (Å²) in [6.07, 6.45) is 22.2. The number of rotatable bonds is 11. The molecule has 0 unspecified atom stereocenters. The zero-order valence-electron chi connectivity index (χ0n) is 17.9. The fourth-order valence-electron chi connectivity index (χ4n) is 2.33. The molecule has 0 aromatic heterocycles. The van der Waals surface area contributed by atoms with Gasteiger partial charge in [-0.2, -0.15) is 0 Å². The van der Waals surface area contributed by atoms with Crippen LogP contribution in [0.3, 0.4) is 0 Å². The van der Waals surface area contributed by atoms with Crippen LogP contribution < -0.4 is 0 Å². The van der Waals surface area contributed by atoms with Gasteiger partial charge in [0, 0.05) is 6.08 Å². The van der Waals surface area contributed by atoms with Crippen LogP contribution in [0.5, 0.6) is 0 Å². The quantitative estimate of drug-likeness (QED) is 0.233. The van der Waals surface area contributed by atoms with E-state index in [0.29, 0.717) is 0 Å². The molecule has 0 aromatic rings. The maximum atomic E-state index is 10.5. The smallest absolute Gasteiger partial charge is 0.328 e. The molecular formula is C25H36O2. The average molecular weight is 369 g/mol. The lowest BCUT2D eigenvalue weighted by Crippen LogP contribution is -1.87. The molecule has 0 radical (unpaired) electrons. The summed E-state index contributed by atoms with van der Waals surface area (Å²) >= 11 is 0. The molecule has 0 saturated heterocycles. The average Bonchev–Trinajstić information content (AvgIpc) is 2.53. The lowest BCUT2D eigenvalue weighted by Gasteiger charge is -2.00. The molecule has 2 nitrogen and oxygen atoms in total. The lowest BCUT2D eigenvalue weighted by molar-refractivity contribution is -0.131. The Balaban J connectivity index is 4.39. The number of carboxylic acid groups (broad SMARTS) is 1. The number of aliphatic carboxylic acids is 1. The van der Waals surface area contributed by atoms with Crippen molar-refractivity contribution in [2.24, 2.45) is 0 Å². The molecule has 0 amide bonds. The second-order valence-electron chi connectivity index (χ2n) is 7.28. The van der Waals surface area contributed by atoms with E-state index in [1.807, 2.05) is 19.1 Å². The first-order chi connectivity index (χ1) is 12.7. The van der Waals surface area contributed by atoms with E-state index < -0.39 is 5.97 Å². The molecule has 0 spiro atoms. The Hall–Kier alpha value is -2.35. The van der Waals surface area contributed by atoms with E-state index in [2.05, 4.69) is 58.1 Å². The molecule has 0 aliphatic carbocycles. The van der Waals surface area contributed by atoms with Crippen LogP contribution >= 0.6 is 0 Å². The van der Waals surface area contributed by atoms with Crippen molar-refractivity contribution in [3.05, 3.63) is 82.5 Å². The van der Waals surface area contributed by atoms with Crippen LogP contribution in [0.1, 0.15) is 67.2 Å². The first kappa shape index (κ1) is 24.7. The summed E-state index contributed by atoms with van der Waals surface area (Å²) < 4.78 is 0. The Morgan fingerprint density at radius 1 is 0.741 bits per heavy atom. The Labute approximate surface area is 166 Å². The lowest BCUT2D eigenvalue weighted by atomic mass is 10.1. The fraction of sp³-hybridized carbons (Fsp3) is 0.400. The van der Waals surface area contributed by atoms with Crippen molar-refractivity contribution in [1.29, 1.82) is 0 Å². The van der Waals surface area contributed by atoms with E-state index >= 15 is 0 Å². The predicted molar refractivity (Wildman–Crippen MR) is 119 cm³/mol. The van der Waals surface area contributed by atoms with Gasteiger partial charge in [0.1, 0.15) is 0 Å². The Bertz CT molecular complexity index is 673. The maximum Gasteiger partial charge on any atom is 0.328 e. The molecule has 0 aromatic carbocycles. The van der Waals surface area contributed by atoms with Gasteiger partial charge in [-0.05, 0) is 72.8 Å². The highest BCUT2D eigenvalue weighted by Gasteiger charge is 1.91. The molecule has 0 atom stereocenters. The standard InChI is InChI=1S/C25H36O2/c1-20(2)11-7-12-21(3)13-8-14-22(4)15-9-16-23(5)17-10-18-24(6)19-25(26)27/h9-11,13,15-19H,7-8,12,14H2,1-6H3,(H,26,27). The van der Waals surface area contributed by atoms with Crippen molar-refractivity contribution in [1.82, 2.24) is 0 Å². The second-order valence-corrected chi connectivity index (χ2v) is 7.28. The molecule has 0 rings (SSSR count). The molecule has 2 heteroatoms. The van der Waals surface area contributed by atoms with Crippen LogP contribution in [-0.4, -0.2) is 11.1 Å². The topological polar surface area (TPSA) is 37.3 Å². The molecule has 0 heterocycles. The van der Waals surface area contributed by atoms with E-state index in [9.17, 15) is 4.79 Å². The zero-order chi connectivity index (χ0) is 20.7. The molecule has 148 valence electrons. The summed E-state index contributed by atoms with van der Waals surface area (Å²) in [6.45, 7) is 12.5. The van der Waals surface area contributed by atoms with Crippen molar-refractivity contribution >= 4 is 5.97 Å². The minimum Gasteiger partial charge on any atom is -0.478 e. The minimum atomic E-state index is -0.920. The van der Waals surface area contributed by atoms with Gasteiger partial charge in [0.15, 0.2) is 0 Å². The minimum absolute atomic E-state index is 0.718. The largest absolute Gasteiger partial charge is 0.478 e. The van der Waals surface area contributed by atoms with E-state index in [1.54, 1.807) is 13.0 Å². The molecule has 1 N–H and O–H groups in total. The monoisotopic (exact) mass is 368 g/mol. The van der Waals surface area contributed by atoms with Crippen molar-refractivity contribution < 1.29 is 9.90 Å². The van der Waals surface area contributed by atoms with E-state index in [-0.39, 0.29) is 0 Å². The highest BCUT2D eigenvalue weighted by atomic mass is 16.4. The molecule has 0 aliphatic rings. The zero-order valence-corrected chi connectivity index (χ0v) is 17.9. The molecule has 0 bridgehead atoms. The van der Waals surface area contributed by atoms with Gasteiger partial charge in [0.2, 0.25) is 0 Å². The first-order valence-electron chi connectivity index (χ1n) is 9.59. The van der Waals surface area contributed by atoms with Crippen molar-refractivity contribution in [2.75, 3.05) is 0 Å². The molecule has 0 saturated carbocycles. The highest BCUT2D eigenvalue weighted by Crippen LogP contribution is 2.11. The number of carboxylic acids is 1. The van der Waals surface area contributed by atoms with Crippen molar-refractivity contribution in [3.63, 3.8) is 0 Å². The summed E-state index contributed by atoms with van der Waals surface area (Å²) in [5.74, 6) is -0.920. The number of hydrogen-bond donors (Lipinski definition) is 1. The maximum absolute atomic E-state index is 10.5. The summed E-state index contributed by atoms with van der Waals surface area (Å²) in [7, 11) is 0. The van der Waals surface area contributed by atoms with Gasteiger partial charge >= 0.3 is 5.97 Å². The van der Waals surface area contributed by atoms with Gasteiger partial charge in [-0.3, -0.25) is 0 Å². The van der Waals surface area contributed by atoms with E-state index in [0.717, 1.165) is 36.8 Å². The van der Waals surface area contributed by atoms with Crippen LogP contribution in [-0.2, 0) is 4.79 Å². The number of hydrogen-bond acceptors (Lipinski definition) is 1. The third-order valence-corrected chi connectivity index (χ3v) is 3.93. The second kappa shape index (κ2) is 14.8. The summed E-state index contributed by atoms with van der Waals surface area (Å²) in [5.41, 5.74) is 6.06. The number of carbonyl (C=O) groups is 1. The SMILES string of the molecule is CC(C)=CCCC(C)=CCCC(C)=CC=CC(C)=CC=CC(C)=CC(=O)O. The predicted octanol–water partition coefficient (Wildman–Crippen LogP) is 7.50. The number of allylic oxidation sites excluding steroid dienone is 13. The molecule has 0 aliphatic heterocycles. The van der Waals surface area contributed by atoms with Gasteiger partial charge < -0.3 is 5.11 Å². The first-order valence-corrected chi connectivity index (χ1v) is 9.59. The Morgan fingerprint density at radius 2 is 1.30 bits per heavy atom. The van der Waals surface area contributed by atoms with Crippen molar-refractivity contribution in [2.45, 2.75) is 67.2 Å². The molecule has 0 fully saturated rings. The van der Waals surface area contributed by atoms with Crippen LogP contribution in [0.4, 0.5) is 0 Å². The molecule has 27 heavy (non-hydrogen) atoms. The summed E-state index contributed by atoms with van der Waals surface area (Å²) in [5, 5.41) is 8.66. The summed E-state index contributed by atoms with van der Waals surface area (Å²) in [6, 6.07) is 0. The van der Waals surface area contributed by atoms with Crippen LogP contribution in [0, 0.1) is 0 Å². The van der Waals surface area contributed by atoms with Gasteiger partial charge in [-0.25, -0.2) is 4.79 Å². The van der Waals surface area contributed by atoms with Crippen LogP contribution in [0.15, 0.2) is 82.5 Å². The van der Waals surface area contributed by atoms with Gasteiger partial charge in [-0.1, -0.05) is 70.9 Å². The molecular weight excluding hydrogens is 332 g/mol. The fourth-order valence-corrected chi connectivity index (χ4v) is 2.33. The van der Waals surface area contributed by atoms with Gasteiger partial charge in [0.25, 0.3) is 0 Å². The van der Waals surface area contributed by atoms with E-state index in [4.69, 9.17) is 5.11 Å². The highest BCUT2D eigenvalue weighted by molar-refractivity contribution is 5.81. The Kier molecular flexibility index (Phi) is 13.5.